The molecule has 0 saturated carbocycles. The molecular weight excluding hydrogens is 416 g/mol. The van der Waals surface area contributed by atoms with Crippen LogP contribution in [0.15, 0.2) is 95.8 Å². The second-order valence-corrected chi connectivity index (χ2v) is 7.67. The third kappa shape index (κ3) is 4.04. The summed E-state index contributed by atoms with van der Waals surface area (Å²) in [4.78, 5) is 39.6. The normalized spacial score (nSPS) is 12.3. The summed E-state index contributed by atoms with van der Waals surface area (Å²) in [5.74, 6) is -0.526. The van der Waals surface area contributed by atoms with Gasteiger partial charge in [0.15, 0.2) is 0 Å². The number of fused-ring (bicyclic) bond motifs is 1. The lowest BCUT2D eigenvalue weighted by Gasteiger charge is -2.17. The van der Waals surface area contributed by atoms with Crippen molar-refractivity contribution in [1.29, 1.82) is 0 Å². The summed E-state index contributed by atoms with van der Waals surface area (Å²) < 4.78 is 1.19. The highest BCUT2D eigenvalue weighted by Crippen LogP contribution is 2.29. The van der Waals surface area contributed by atoms with E-state index in [1.165, 1.54) is 22.4 Å². The Labute approximate surface area is 189 Å². The molecule has 2 amide bonds. The largest absolute Gasteiger partial charge is 0.321 e. The molecule has 3 aromatic carbocycles. The fourth-order valence-corrected chi connectivity index (χ4v) is 3.88. The van der Waals surface area contributed by atoms with E-state index >= 15 is 0 Å². The van der Waals surface area contributed by atoms with E-state index < -0.39 is 5.91 Å². The Kier molecular flexibility index (Phi) is 5.28. The number of nitrogens with zero attached hydrogens (tertiary/aromatic N) is 3. The summed E-state index contributed by atoms with van der Waals surface area (Å²) in [7, 11) is 0. The maximum atomic E-state index is 13.0. The van der Waals surface area contributed by atoms with Crippen molar-refractivity contribution in [2.45, 2.75) is 6.42 Å². The fraction of sp³-hybridized carbons (Fsp3) is 0.0769. The van der Waals surface area contributed by atoms with Gasteiger partial charge in [0, 0.05) is 29.5 Å². The van der Waals surface area contributed by atoms with Crippen molar-refractivity contribution in [2.24, 2.45) is 0 Å². The van der Waals surface area contributed by atoms with Gasteiger partial charge >= 0.3 is 0 Å². The molecule has 0 bridgehead atoms. The van der Waals surface area contributed by atoms with Gasteiger partial charge in [0.1, 0.15) is 5.69 Å². The quantitative estimate of drug-likeness (QED) is 0.529. The number of hydrogen-bond donors (Lipinski definition) is 1. The molecule has 0 atom stereocenters. The first-order valence-corrected chi connectivity index (χ1v) is 10.6. The summed E-state index contributed by atoms with van der Waals surface area (Å²) in [6, 6.07) is 26.2. The van der Waals surface area contributed by atoms with Crippen LogP contribution >= 0.6 is 0 Å². The standard InChI is InChI=1S/C26H20N4O3/c31-24-15-14-22(28-30(24)21-7-2-1-3-8-21)25(32)27-20-12-10-19(11-13-20)26(33)29-17-16-18-6-4-5-9-23(18)29/h1-15H,16-17H2,(H,27,32). The fourth-order valence-electron chi connectivity index (χ4n) is 3.88. The van der Waals surface area contributed by atoms with Gasteiger partial charge in [0.2, 0.25) is 0 Å². The number of carbonyl (C=O) groups excluding carboxylic acids is 2. The predicted molar refractivity (Wildman–Crippen MR) is 126 cm³/mol. The van der Waals surface area contributed by atoms with Gasteiger partial charge in [-0.05, 0) is 60.5 Å². The van der Waals surface area contributed by atoms with Gasteiger partial charge in [0.05, 0.1) is 5.69 Å². The second-order valence-electron chi connectivity index (χ2n) is 7.67. The lowest BCUT2D eigenvalue weighted by atomic mass is 10.1. The van der Waals surface area contributed by atoms with Crippen LogP contribution < -0.4 is 15.8 Å². The number of para-hydroxylation sites is 2. The van der Waals surface area contributed by atoms with E-state index in [1.807, 2.05) is 30.3 Å². The molecule has 0 unspecified atom stereocenters. The third-order valence-corrected chi connectivity index (χ3v) is 5.56. The van der Waals surface area contributed by atoms with Gasteiger partial charge < -0.3 is 10.2 Å². The highest BCUT2D eigenvalue weighted by atomic mass is 16.2. The molecule has 2 heterocycles. The summed E-state index contributed by atoms with van der Waals surface area (Å²) in [6.07, 6.45) is 0.841. The summed E-state index contributed by atoms with van der Waals surface area (Å²) in [6.45, 7) is 0.652. The molecule has 0 radical (unpaired) electrons. The number of rotatable bonds is 4. The molecule has 0 aliphatic carbocycles. The Morgan fingerprint density at radius 1 is 0.818 bits per heavy atom. The number of aromatic nitrogens is 2. The molecule has 7 heteroatoms. The second kappa shape index (κ2) is 8.55. The minimum atomic E-state index is -0.452. The Bertz CT molecular complexity index is 1400. The highest BCUT2D eigenvalue weighted by Gasteiger charge is 2.25. The molecule has 1 aromatic heterocycles. The van der Waals surface area contributed by atoms with E-state index in [1.54, 1.807) is 53.4 Å². The van der Waals surface area contributed by atoms with Crippen LogP contribution in [-0.2, 0) is 6.42 Å². The average Bonchev–Trinajstić information content (AvgIpc) is 3.29. The number of carbonyl (C=O) groups is 2. The van der Waals surface area contributed by atoms with E-state index in [-0.39, 0.29) is 17.2 Å². The van der Waals surface area contributed by atoms with Crippen molar-refractivity contribution >= 4 is 23.2 Å². The first kappa shape index (κ1) is 20.4. The number of amides is 2. The first-order valence-electron chi connectivity index (χ1n) is 10.6. The van der Waals surface area contributed by atoms with E-state index in [0.29, 0.717) is 23.5 Å². The van der Waals surface area contributed by atoms with Crippen LogP contribution in [0, 0.1) is 0 Å². The SMILES string of the molecule is O=C(Nc1ccc(C(=O)N2CCc3ccccc32)cc1)c1ccc(=O)n(-c2ccccc2)n1. The van der Waals surface area contributed by atoms with Gasteiger partial charge in [-0.3, -0.25) is 14.4 Å². The number of anilines is 2. The molecule has 162 valence electrons. The highest BCUT2D eigenvalue weighted by molar-refractivity contribution is 6.08. The molecular formula is C26H20N4O3. The van der Waals surface area contributed by atoms with E-state index in [0.717, 1.165) is 12.1 Å². The van der Waals surface area contributed by atoms with Crippen molar-refractivity contribution in [3.8, 4) is 5.69 Å². The molecule has 7 nitrogen and oxygen atoms in total. The zero-order valence-corrected chi connectivity index (χ0v) is 17.6. The van der Waals surface area contributed by atoms with Crippen molar-refractivity contribution < 1.29 is 9.59 Å². The van der Waals surface area contributed by atoms with Crippen LogP contribution in [0.3, 0.4) is 0 Å². The number of benzene rings is 3. The molecule has 4 aromatic rings. The Hall–Kier alpha value is -4.52. The molecule has 1 aliphatic heterocycles. The van der Waals surface area contributed by atoms with Crippen LogP contribution in [-0.4, -0.2) is 28.1 Å². The maximum Gasteiger partial charge on any atom is 0.276 e. The average molecular weight is 436 g/mol. The minimum absolute atomic E-state index is 0.0746. The van der Waals surface area contributed by atoms with Gasteiger partial charge in [-0.1, -0.05) is 36.4 Å². The molecule has 1 N–H and O–H groups in total. The van der Waals surface area contributed by atoms with Gasteiger partial charge in [-0.2, -0.15) is 9.78 Å². The lowest BCUT2D eigenvalue weighted by molar-refractivity contribution is 0.0988. The van der Waals surface area contributed by atoms with Gasteiger partial charge in [-0.15, -0.1) is 0 Å². The van der Waals surface area contributed by atoms with Crippen molar-refractivity contribution in [1.82, 2.24) is 9.78 Å². The van der Waals surface area contributed by atoms with Crippen LogP contribution in [0.4, 0.5) is 11.4 Å². The van der Waals surface area contributed by atoms with Crippen LogP contribution in [0.1, 0.15) is 26.4 Å². The first-order chi connectivity index (χ1) is 16.1. The number of nitrogens with one attached hydrogen (secondary N) is 1. The van der Waals surface area contributed by atoms with Crippen molar-refractivity contribution in [3.05, 3.63) is 118 Å². The van der Waals surface area contributed by atoms with Gasteiger partial charge in [-0.25, -0.2) is 0 Å². The van der Waals surface area contributed by atoms with Crippen molar-refractivity contribution in [2.75, 3.05) is 16.8 Å². The monoisotopic (exact) mass is 436 g/mol. The summed E-state index contributed by atoms with van der Waals surface area (Å²) >= 11 is 0. The zero-order valence-electron chi connectivity index (χ0n) is 17.6. The molecule has 5 rings (SSSR count). The summed E-state index contributed by atoms with van der Waals surface area (Å²) in [5, 5.41) is 6.96. The van der Waals surface area contributed by atoms with Crippen LogP contribution in [0.25, 0.3) is 5.69 Å². The topological polar surface area (TPSA) is 84.3 Å². The lowest BCUT2D eigenvalue weighted by Crippen LogP contribution is -2.28. The molecule has 33 heavy (non-hydrogen) atoms. The molecule has 0 fully saturated rings. The van der Waals surface area contributed by atoms with Gasteiger partial charge in [0.25, 0.3) is 17.4 Å². The zero-order chi connectivity index (χ0) is 22.8. The van der Waals surface area contributed by atoms with E-state index in [9.17, 15) is 14.4 Å². The third-order valence-electron chi connectivity index (χ3n) is 5.56. The smallest absolute Gasteiger partial charge is 0.276 e. The van der Waals surface area contributed by atoms with E-state index in [2.05, 4.69) is 10.4 Å². The molecule has 0 spiro atoms. The Balaban J connectivity index is 1.32. The molecule has 0 saturated heterocycles. The van der Waals surface area contributed by atoms with E-state index in [4.69, 9.17) is 0 Å². The van der Waals surface area contributed by atoms with Crippen LogP contribution in [0.2, 0.25) is 0 Å². The van der Waals surface area contributed by atoms with Crippen molar-refractivity contribution in [3.63, 3.8) is 0 Å². The molecule has 1 aliphatic rings. The minimum Gasteiger partial charge on any atom is -0.321 e. The summed E-state index contributed by atoms with van der Waals surface area (Å²) in [5.41, 5.74) is 3.52. The number of hydrogen-bond acceptors (Lipinski definition) is 4. The predicted octanol–water partition coefficient (Wildman–Crippen LogP) is 3.69. The Morgan fingerprint density at radius 3 is 2.33 bits per heavy atom. The van der Waals surface area contributed by atoms with Crippen LogP contribution in [0.5, 0.6) is 0 Å². The Morgan fingerprint density at radius 2 is 1.55 bits per heavy atom. The maximum absolute atomic E-state index is 13.0.